The van der Waals surface area contributed by atoms with Crippen molar-refractivity contribution in [1.82, 2.24) is 4.98 Å². The van der Waals surface area contributed by atoms with Crippen LogP contribution in [0.4, 0.5) is 0 Å². The van der Waals surface area contributed by atoms with Gasteiger partial charge in [-0.05, 0) is 92.2 Å². The minimum Gasteiger partial charge on any atom is -0.256 e. The minimum absolute atomic E-state index is 1.04. The maximum atomic E-state index is 4.88. The molecule has 0 atom stereocenters. The second-order valence-corrected chi connectivity index (χ2v) is 11.3. The van der Waals surface area contributed by atoms with Crippen molar-refractivity contribution in [2.75, 3.05) is 0 Å². The van der Waals surface area contributed by atoms with Gasteiger partial charge in [-0.15, -0.1) is 0 Å². The van der Waals surface area contributed by atoms with Crippen LogP contribution in [0.2, 0.25) is 0 Å². The van der Waals surface area contributed by atoms with Gasteiger partial charge < -0.3 is 0 Å². The van der Waals surface area contributed by atoms with Crippen molar-refractivity contribution in [2.45, 2.75) is 13.8 Å². The summed E-state index contributed by atoms with van der Waals surface area (Å²) in [5, 5.41) is 8.68. The molecule has 0 unspecified atom stereocenters. The molecule has 0 radical (unpaired) electrons. The molecule has 0 amide bonds. The number of aryl methyl sites for hydroxylation is 2. The molecule has 0 N–H and O–H groups in total. The first-order valence-electron chi connectivity index (χ1n) is 14.5. The molecule has 1 heteroatoms. The topological polar surface area (TPSA) is 12.9 Å². The van der Waals surface area contributed by atoms with Crippen LogP contribution in [0.15, 0.2) is 140 Å². The molecule has 1 aromatic heterocycles. The summed E-state index contributed by atoms with van der Waals surface area (Å²) in [4.78, 5) is 4.88. The molecule has 1 nitrogen and oxygen atoms in total. The lowest BCUT2D eigenvalue weighted by atomic mass is 9.82. The van der Waals surface area contributed by atoms with Crippen LogP contribution in [-0.4, -0.2) is 4.98 Å². The molecule has 198 valence electrons. The standard InChI is InChI=1S/C41H29N/c1-26-18-20-33-36(22-26)39(34-16-8-14-29-15-9-21-42-41(29)34)32-19-17-27(2)23-37(32)40(33)38-25-31-13-7-6-12-30(31)24-35(38)28-10-4-3-5-11-28/h3-25H,1-2H3. The lowest BCUT2D eigenvalue weighted by Crippen LogP contribution is -1.95. The number of benzene rings is 7. The van der Waals surface area contributed by atoms with Crippen molar-refractivity contribution in [3.8, 4) is 33.4 Å². The summed E-state index contributed by atoms with van der Waals surface area (Å²) >= 11 is 0. The number of pyridine rings is 1. The zero-order valence-corrected chi connectivity index (χ0v) is 23.7. The first-order valence-corrected chi connectivity index (χ1v) is 14.5. The van der Waals surface area contributed by atoms with E-state index in [1.54, 1.807) is 0 Å². The highest BCUT2D eigenvalue weighted by Gasteiger charge is 2.21. The molecule has 42 heavy (non-hydrogen) atoms. The quantitative estimate of drug-likeness (QED) is 0.205. The first kappa shape index (κ1) is 24.5. The van der Waals surface area contributed by atoms with Crippen molar-refractivity contribution < 1.29 is 0 Å². The third-order valence-corrected chi connectivity index (χ3v) is 8.57. The van der Waals surface area contributed by atoms with Crippen LogP contribution >= 0.6 is 0 Å². The highest BCUT2D eigenvalue weighted by molar-refractivity contribution is 6.24. The van der Waals surface area contributed by atoms with Gasteiger partial charge in [-0.3, -0.25) is 4.98 Å². The third kappa shape index (κ3) is 3.89. The Kier molecular flexibility index (Phi) is 5.65. The molecule has 0 saturated heterocycles. The van der Waals surface area contributed by atoms with Crippen LogP contribution in [0.25, 0.3) is 76.6 Å². The number of fused-ring (bicyclic) bond motifs is 4. The highest BCUT2D eigenvalue weighted by atomic mass is 14.6. The molecule has 1 heterocycles. The van der Waals surface area contributed by atoms with E-state index in [1.807, 2.05) is 12.3 Å². The van der Waals surface area contributed by atoms with E-state index < -0.39 is 0 Å². The summed E-state index contributed by atoms with van der Waals surface area (Å²) in [6, 6.07) is 48.9. The van der Waals surface area contributed by atoms with Crippen LogP contribution in [0.3, 0.4) is 0 Å². The number of rotatable bonds is 3. The van der Waals surface area contributed by atoms with Gasteiger partial charge in [0.05, 0.1) is 5.52 Å². The molecule has 0 fully saturated rings. The summed E-state index contributed by atoms with van der Waals surface area (Å²) in [5.74, 6) is 0. The fraction of sp³-hybridized carbons (Fsp3) is 0.0488. The molecule has 0 saturated carbocycles. The lowest BCUT2D eigenvalue weighted by Gasteiger charge is -2.21. The Morgan fingerprint density at radius 2 is 0.976 bits per heavy atom. The average Bonchev–Trinajstić information content (AvgIpc) is 3.03. The van der Waals surface area contributed by atoms with Crippen LogP contribution < -0.4 is 0 Å². The Labute approximate surface area is 245 Å². The fourth-order valence-corrected chi connectivity index (χ4v) is 6.65. The van der Waals surface area contributed by atoms with Crippen molar-refractivity contribution in [3.63, 3.8) is 0 Å². The predicted octanol–water partition coefficient (Wildman–Crippen LogP) is 11.3. The van der Waals surface area contributed by atoms with E-state index in [2.05, 4.69) is 141 Å². The molecule has 0 aliphatic carbocycles. The van der Waals surface area contributed by atoms with Gasteiger partial charge >= 0.3 is 0 Å². The number of para-hydroxylation sites is 1. The molecule has 0 spiro atoms. The van der Waals surface area contributed by atoms with Gasteiger partial charge in [-0.1, -0.05) is 126 Å². The summed E-state index contributed by atoms with van der Waals surface area (Å²) < 4.78 is 0. The van der Waals surface area contributed by atoms with Gasteiger partial charge in [0.15, 0.2) is 0 Å². The molecule has 0 aliphatic rings. The zero-order valence-electron chi connectivity index (χ0n) is 23.7. The van der Waals surface area contributed by atoms with Crippen molar-refractivity contribution in [3.05, 3.63) is 151 Å². The van der Waals surface area contributed by atoms with E-state index in [9.17, 15) is 0 Å². The number of aromatic nitrogens is 1. The molecular weight excluding hydrogens is 506 g/mol. The largest absolute Gasteiger partial charge is 0.256 e. The van der Waals surface area contributed by atoms with Gasteiger partial charge in [-0.25, -0.2) is 0 Å². The maximum absolute atomic E-state index is 4.88. The fourth-order valence-electron chi connectivity index (χ4n) is 6.65. The Bertz CT molecular complexity index is 2310. The highest BCUT2D eigenvalue weighted by Crippen LogP contribution is 2.48. The Morgan fingerprint density at radius 3 is 1.67 bits per heavy atom. The number of hydrogen-bond acceptors (Lipinski definition) is 1. The molecule has 0 bridgehead atoms. The second kappa shape index (κ2) is 9.68. The van der Waals surface area contributed by atoms with Gasteiger partial charge in [0.25, 0.3) is 0 Å². The number of nitrogens with zero attached hydrogens (tertiary/aromatic N) is 1. The maximum Gasteiger partial charge on any atom is 0.0780 e. The lowest BCUT2D eigenvalue weighted by molar-refractivity contribution is 1.41. The zero-order chi connectivity index (χ0) is 28.2. The van der Waals surface area contributed by atoms with E-state index in [0.29, 0.717) is 0 Å². The monoisotopic (exact) mass is 535 g/mol. The summed E-state index contributed by atoms with van der Waals surface area (Å²) in [7, 11) is 0. The van der Waals surface area contributed by atoms with E-state index in [0.717, 1.165) is 10.9 Å². The van der Waals surface area contributed by atoms with E-state index in [-0.39, 0.29) is 0 Å². The van der Waals surface area contributed by atoms with Gasteiger partial charge in [0.2, 0.25) is 0 Å². The second-order valence-electron chi connectivity index (χ2n) is 11.3. The predicted molar refractivity (Wildman–Crippen MR) is 180 cm³/mol. The smallest absolute Gasteiger partial charge is 0.0780 e. The Morgan fingerprint density at radius 1 is 0.405 bits per heavy atom. The minimum atomic E-state index is 1.04. The van der Waals surface area contributed by atoms with Crippen molar-refractivity contribution in [2.24, 2.45) is 0 Å². The Balaban J connectivity index is 1.59. The third-order valence-electron chi connectivity index (χ3n) is 8.57. The first-order chi connectivity index (χ1) is 20.7. The van der Waals surface area contributed by atoms with Crippen molar-refractivity contribution in [1.29, 1.82) is 0 Å². The normalized spacial score (nSPS) is 11.6. The van der Waals surface area contributed by atoms with E-state index in [4.69, 9.17) is 4.98 Å². The van der Waals surface area contributed by atoms with Crippen LogP contribution in [0.1, 0.15) is 11.1 Å². The molecule has 0 aliphatic heterocycles. The van der Waals surface area contributed by atoms with Crippen molar-refractivity contribution >= 4 is 43.2 Å². The summed E-state index contributed by atoms with van der Waals surface area (Å²) in [6.45, 7) is 4.38. The van der Waals surface area contributed by atoms with E-state index in [1.165, 1.54) is 76.8 Å². The SMILES string of the molecule is Cc1ccc2c(-c3cccc4cccnc34)c3cc(C)ccc3c(-c3cc4ccccc4cc3-c3ccccc3)c2c1. The van der Waals surface area contributed by atoms with E-state index >= 15 is 0 Å². The van der Waals surface area contributed by atoms with Crippen LogP contribution in [-0.2, 0) is 0 Å². The van der Waals surface area contributed by atoms with Crippen LogP contribution in [0.5, 0.6) is 0 Å². The molecular formula is C41H29N. The molecule has 8 rings (SSSR count). The van der Waals surface area contributed by atoms with Gasteiger partial charge in [0, 0.05) is 17.1 Å². The average molecular weight is 536 g/mol. The number of hydrogen-bond donors (Lipinski definition) is 0. The summed E-state index contributed by atoms with van der Waals surface area (Å²) in [5.41, 5.74) is 11.0. The Hall–Kier alpha value is -5.27. The van der Waals surface area contributed by atoms with Crippen LogP contribution in [0, 0.1) is 13.8 Å². The summed E-state index contributed by atoms with van der Waals surface area (Å²) in [6.07, 6.45) is 1.90. The van der Waals surface area contributed by atoms with Gasteiger partial charge in [0.1, 0.15) is 0 Å². The molecule has 7 aromatic carbocycles. The van der Waals surface area contributed by atoms with Gasteiger partial charge in [-0.2, -0.15) is 0 Å². The molecule has 8 aromatic rings.